The minimum Gasteiger partial charge on any atom is -0.495 e. The minimum absolute atomic E-state index is 0.0695. The second-order valence-corrected chi connectivity index (χ2v) is 9.95. The molecule has 0 aromatic heterocycles. The number of para-hydroxylation sites is 2. The lowest BCUT2D eigenvalue weighted by Gasteiger charge is -2.24. The van der Waals surface area contributed by atoms with Crippen LogP contribution < -0.4 is 14.4 Å². The van der Waals surface area contributed by atoms with Crippen molar-refractivity contribution >= 4 is 33.4 Å². The second-order valence-electron chi connectivity index (χ2n) is 6.94. The Morgan fingerprint density at radius 1 is 1.13 bits per heavy atom. The van der Waals surface area contributed by atoms with Gasteiger partial charge in [-0.3, -0.25) is 9.10 Å². The third-order valence-electron chi connectivity index (χ3n) is 4.61. The Morgan fingerprint density at radius 2 is 1.83 bits per heavy atom. The maximum Gasteiger partial charge on any atom is 0.232 e. The first-order valence-corrected chi connectivity index (χ1v) is 12.8. The Morgan fingerprint density at radius 3 is 2.53 bits per heavy atom. The van der Waals surface area contributed by atoms with Gasteiger partial charge in [0, 0.05) is 31.0 Å². The SMILES string of the molecule is COc1ccccc1N(CCCC(=O)NCCSCc1ccccc1C)S(C)(=O)=O. The highest BCUT2D eigenvalue weighted by Crippen LogP contribution is 2.29. The summed E-state index contributed by atoms with van der Waals surface area (Å²) in [7, 11) is -1.98. The Balaban J connectivity index is 1.74. The van der Waals surface area contributed by atoms with Crippen molar-refractivity contribution in [2.24, 2.45) is 0 Å². The molecule has 1 amide bonds. The van der Waals surface area contributed by atoms with E-state index in [0.717, 1.165) is 17.8 Å². The van der Waals surface area contributed by atoms with Gasteiger partial charge in [0.15, 0.2) is 0 Å². The summed E-state index contributed by atoms with van der Waals surface area (Å²) in [6.45, 7) is 2.91. The van der Waals surface area contributed by atoms with Crippen LogP contribution in [0.15, 0.2) is 48.5 Å². The molecule has 6 nitrogen and oxygen atoms in total. The van der Waals surface area contributed by atoms with Gasteiger partial charge in [0.1, 0.15) is 5.75 Å². The van der Waals surface area contributed by atoms with Crippen LogP contribution in [0, 0.1) is 6.92 Å². The lowest BCUT2D eigenvalue weighted by Crippen LogP contribution is -2.32. The number of thioether (sulfide) groups is 1. The van der Waals surface area contributed by atoms with E-state index in [1.807, 2.05) is 12.1 Å². The number of ether oxygens (including phenoxy) is 1. The van der Waals surface area contributed by atoms with Crippen LogP contribution in [-0.4, -0.2) is 46.5 Å². The number of carbonyl (C=O) groups is 1. The zero-order valence-electron chi connectivity index (χ0n) is 17.8. The highest BCUT2D eigenvalue weighted by atomic mass is 32.2. The van der Waals surface area contributed by atoms with Crippen LogP contribution >= 0.6 is 11.8 Å². The first-order valence-electron chi connectivity index (χ1n) is 9.82. The van der Waals surface area contributed by atoms with Crippen molar-refractivity contribution in [1.29, 1.82) is 0 Å². The van der Waals surface area contributed by atoms with Crippen LogP contribution in [0.3, 0.4) is 0 Å². The molecule has 8 heteroatoms. The normalized spacial score (nSPS) is 11.2. The van der Waals surface area contributed by atoms with E-state index in [9.17, 15) is 13.2 Å². The molecule has 30 heavy (non-hydrogen) atoms. The summed E-state index contributed by atoms with van der Waals surface area (Å²) in [5, 5.41) is 2.91. The first-order chi connectivity index (χ1) is 14.3. The summed E-state index contributed by atoms with van der Waals surface area (Å²) < 4.78 is 31.0. The lowest BCUT2D eigenvalue weighted by molar-refractivity contribution is -0.121. The van der Waals surface area contributed by atoms with E-state index in [0.29, 0.717) is 24.4 Å². The van der Waals surface area contributed by atoms with E-state index in [2.05, 4.69) is 24.4 Å². The Bertz CT molecular complexity index is 932. The largest absolute Gasteiger partial charge is 0.495 e. The van der Waals surface area contributed by atoms with Gasteiger partial charge < -0.3 is 10.1 Å². The number of anilines is 1. The summed E-state index contributed by atoms with van der Waals surface area (Å²) in [6.07, 6.45) is 1.85. The van der Waals surface area contributed by atoms with Crippen LogP contribution in [0.1, 0.15) is 24.0 Å². The average molecular weight is 451 g/mol. The second kappa shape index (κ2) is 11.9. The van der Waals surface area contributed by atoms with Crippen molar-refractivity contribution in [2.45, 2.75) is 25.5 Å². The molecule has 2 rings (SSSR count). The number of nitrogens with one attached hydrogen (secondary N) is 1. The van der Waals surface area contributed by atoms with Crippen LogP contribution in [-0.2, 0) is 20.6 Å². The van der Waals surface area contributed by atoms with Crippen molar-refractivity contribution in [3.8, 4) is 5.75 Å². The number of rotatable bonds is 12. The molecule has 0 spiro atoms. The van der Waals surface area contributed by atoms with Gasteiger partial charge in [0.25, 0.3) is 0 Å². The molecule has 0 bridgehead atoms. The molecule has 0 heterocycles. The standard InChI is InChI=1S/C22H30N2O4S2/c1-18-9-4-5-10-19(18)17-29-16-14-23-22(25)13-8-15-24(30(3,26)27)20-11-6-7-12-21(20)28-2/h4-7,9-12H,8,13-17H2,1-3H3,(H,23,25). The van der Waals surface area contributed by atoms with E-state index in [1.54, 1.807) is 36.0 Å². The topological polar surface area (TPSA) is 75.7 Å². The summed E-state index contributed by atoms with van der Waals surface area (Å²) in [6, 6.07) is 15.3. The molecule has 164 valence electrons. The molecule has 1 N–H and O–H groups in total. The fourth-order valence-electron chi connectivity index (χ4n) is 2.99. The highest BCUT2D eigenvalue weighted by Gasteiger charge is 2.20. The number of methoxy groups -OCH3 is 1. The fraction of sp³-hybridized carbons (Fsp3) is 0.409. The molecular weight excluding hydrogens is 420 g/mol. The van der Waals surface area contributed by atoms with Gasteiger partial charge >= 0.3 is 0 Å². The Kier molecular flexibility index (Phi) is 9.52. The van der Waals surface area contributed by atoms with Crippen molar-refractivity contribution in [3.05, 3.63) is 59.7 Å². The van der Waals surface area contributed by atoms with E-state index >= 15 is 0 Å². The quantitative estimate of drug-likeness (QED) is 0.500. The van der Waals surface area contributed by atoms with Crippen LogP contribution in [0.4, 0.5) is 5.69 Å². The zero-order valence-corrected chi connectivity index (χ0v) is 19.4. The van der Waals surface area contributed by atoms with Gasteiger partial charge in [-0.25, -0.2) is 8.42 Å². The van der Waals surface area contributed by atoms with E-state index < -0.39 is 10.0 Å². The maximum atomic E-state index is 12.2. The number of benzene rings is 2. The van der Waals surface area contributed by atoms with E-state index in [4.69, 9.17) is 4.74 Å². The molecule has 0 radical (unpaired) electrons. The Hall–Kier alpha value is -2.19. The number of nitrogens with zero attached hydrogens (tertiary/aromatic N) is 1. The molecule has 2 aromatic rings. The molecule has 0 saturated heterocycles. The van der Waals surface area contributed by atoms with Gasteiger partial charge in [0.05, 0.1) is 19.1 Å². The van der Waals surface area contributed by atoms with Gasteiger partial charge in [-0.1, -0.05) is 36.4 Å². The molecule has 2 aromatic carbocycles. The fourth-order valence-corrected chi connectivity index (χ4v) is 4.89. The summed E-state index contributed by atoms with van der Waals surface area (Å²) in [5.74, 6) is 2.17. The number of amides is 1. The maximum absolute atomic E-state index is 12.2. The summed E-state index contributed by atoms with van der Waals surface area (Å²) in [5.41, 5.74) is 3.07. The molecular formula is C22H30N2O4S2. The molecule has 0 saturated carbocycles. The predicted molar refractivity (Wildman–Crippen MR) is 125 cm³/mol. The third-order valence-corrected chi connectivity index (χ3v) is 6.79. The van der Waals surface area contributed by atoms with Gasteiger partial charge in [0.2, 0.25) is 15.9 Å². The molecule has 0 aliphatic carbocycles. The number of sulfonamides is 1. The molecule has 0 fully saturated rings. The van der Waals surface area contributed by atoms with Gasteiger partial charge in [-0.05, 0) is 36.6 Å². The van der Waals surface area contributed by atoms with Crippen molar-refractivity contribution in [3.63, 3.8) is 0 Å². The molecule has 0 unspecified atom stereocenters. The van der Waals surface area contributed by atoms with Crippen LogP contribution in [0.2, 0.25) is 0 Å². The van der Waals surface area contributed by atoms with E-state index in [1.165, 1.54) is 22.5 Å². The molecule has 0 aliphatic rings. The van der Waals surface area contributed by atoms with Crippen LogP contribution in [0.5, 0.6) is 5.75 Å². The summed E-state index contributed by atoms with van der Waals surface area (Å²) in [4.78, 5) is 12.1. The smallest absolute Gasteiger partial charge is 0.232 e. The monoisotopic (exact) mass is 450 g/mol. The minimum atomic E-state index is -3.48. The predicted octanol–water partition coefficient (Wildman–Crippen LogP) is 3.60. The Labute approximate surface area is 184 Å². The average Bonchev–Trinajstić information content (AvgIpc) is 2.71. The van der Waals surface area contributed by atoms with Crippen molar-refractivity contribution < 1.29 is 17.9 Å². The number of carbonyl (C=O) groups excluding carboxylic acids is 1. The third kappa shape index (κ3) is 7.57. The summed E-state index contributed by atoms with van der Waals surface area (Å²) >= 11 is 1.78. The van der Waals surface area contributed by atoms with Crippen molar-refractivity contribution in [1.82, 2.24) is 5.32 Å². The number of aryl methyl sites for hydroxylation is 1. The van der Waals surface area contributed by atoms with Crippen LogP contribution in [0.25, 0.3) is 0 Å². The van der Waals surface area contributed by atoms with Gasteiger partial charge in [-0.2, -0.15) is 11.8 Å². The first kappa shape index (κ1) is 24.1. The molecule has 0 atom stereocenters. The zero-order chi connectivity index (χ0) is 22.0. The van der Waals surface area contributed by atoms with Crippen molar-refractivity contribution in [2.75, 3.05) is 36.5 Å². The number of hydrogen-bond acceptors (Lipinski definition) is 5. The van der Waals surface area contributed by atoms with E-state index in [-0.39, 0.29) is 18.9 Å². The van der Waals surface area contributed by atoms with Gasteiger partial charge in [-0.15, -0.1) is 0 Å². The lowest BCUT2D eigenvalue weighted by atomic mass is 10.1. The number of hydrogen-bond donors (Lipinski definition) is 1. The highest BCUT2D eigenvalue weighted by molar-refractivity contribution is 7.98. The molecule has 0 aliphatic heterocycles.